The summed E-state index contributed by atoms with van der Waals surface area (Å²) in [5.41, 5.74) is -0.0632. The van der Waals surface area contributed by atoms with E-state index in [1.165, 1.54) is 38.5 Å². The van der Waals surface area contributed by atoms with Crippen LogP contribution in [0.2, 0.25) is 0 Å². The van der Waals surface area contributed by atoms with Crippen molar-refractivity contribution >= 4 is 11.8 Å². The second-order valence-corrected chi connectivity index (χ2v) is 9.15. The maximum absolute atomic E-state index is 13.1. The molecule has 0 radical (unpaired) electrons. The van der Waals surface area contributed by atoms with E-state index < -0.39 is 0 Å². The first-order valence-corrected chi connectivity index (χ1v) is 10.8. The lowest BCUT2D eigenvalue weighted by molar-refractivity contribution is -0.131. The fourth-order valence-corrected chi connectivity index (χ4v) is 5.77. The molecule has 2 amide bonds. The molecule has 146 valence electrons. The number of hydrogen-bond donors (Lipinski definition) is 1. The quantitative estimate of drug-likeness (QED) is 0.837. The van der Waals surface area contributed by atoms with Gasteiger partial charge in [-0.15, -0.1) is 0 Å². The lowest BCUT2D eigenvalue weighted by Gasteiger charge is -2.37. The van der Waals surface area contributed by atoms with Crippen molar-refractivity contribution in [2.24, 2.45) is 17.3 Å². The topological polar surface area (TPSA) is 58.6 Å². The first kappa shape index (κ1) is 18.3. The molecule has 4 fully saturated rings. The summed E-state index contributed by atoms with van der Waals surface area (Å²) in [6.07, 6.45) is 12.1. The highest BCUT2D eigenvalue weighted by molar-refractivity contribution is 5.83. The molecule has 5 heteroatoms. The number of amides is 2. The number of ether oxygens (including phenoxy) is 1. The average molecular weight is 363 g/mol. The van der Waals surface area contributed by atoms with E-state index in [4.69, 9.17) is 4.74 Å². The predicted octanol–water partition coefficient (Wildman–Crippen LogP) is 2.88. The SMILES string of the molecule is O=C(NC1CCCC1)C1CN(C(=O)CC2CCCC2)CC12CCOCC2. The zero-order valence-electron chi connectivity index (χ0n) is 16.0. The van der Waals surface area contributed by atoms with Gasteiger partial charge in [-0.25, -0.2) is 0 Å². The normalized spacial score (nSPS) is 29.5. The number of carbonyl (C=O) groups excluding carboxylic acids is 2. The van der Waals surface area contributed by atoms with Gasteiger partial charge in [0.05, 0.1) is 5.92 Å². The summed E-state index contributed by atoms with van der Waals surface area (Å²) in [6.45, 7) is 2.81. The summed E-state index contributed by atoms with van der Waals surface area (Å²) in [5.74, 6) is 0.980. The monoisotopic (exact) mass is 362 g/mol. The van der Waals surface area contributed by atoms with E-state index in [9.17, 15) is 9.59 Å². The Hall–Kier alpha value is -1.10. The molecular weight excluding hydrogens is 328 g/mol. The molecule has 4 aliphatic rings. The Labute approximate surface area is 157 Å². The maximum atomic E-state index is 13.1. The van der Waals surface area contributed by atoms with Gasteiger partial charge in [0.2, 0.25) is 11.8 Å². The van der Waals surface area contributed by atoms with Crippen molar-refractivity contribution in [3.63, 3.8) is 0 Å². The fraction of sp³-hybridized carbons (Fsp3) is 0.905. The molecule has 0 aromatic carbocycles. The van der Waals surface area contributed by atoms with Crippen molar-refractivity contribution in [3.8, 4) is 0 Å². The van der Waals surface area contributed by atoms with Crippen LogP contribution in [0.1, 0.15) is 70.6 Å². The van der Waals surface area contributed by atoms with Gasteiger partial charge in [0.1, 0.15) is 0 Å². The second-order valence-electron chi connectivity index (χ2n) is 9.15. The summed E-state index contributed by atoms with van der Waals surface area (Å²) >= 11 is 0. The first-order chi connectivity index (χ1) is 12.7. The van der Waals surface area contributed by atoms with Crippen LogP contribution in [0.25, 0.3) is 0 Å². The molecule has 1 N–H and O–H groups in total. The van der Waals surface area contributed by atoms with Crippen molar-refractivity contribution in [2.45, 2.75) is 76.7 Å². The third kappa shape index (κ3) is 3.78. The molecule has 26 heavy (non-hydrogen) atoms. The number of nitrogens with zero attached hydrogens (tertiary/aromatic N) is 1. The van der Waals surface area contributed by atoms with Gasteiger partial charge in [-0.05, 0) is 44.4 Å². The van der Waals surface area contributed by atoms with E-state index >= 15 is 0 Å². The minimum absolute atomic E-state index is 0.0560. The van der Waals surface area contributed by atoms with Crippen molar-refractivity contribution < 1.29 is 14.3 Å². The standard InChI is InChI=1S/C21H34N2O3/c24-19(13-16-5-1-2-6-16)23-14-18(20(25)22-17-7-3-4-8-17)21(15-23)9-11-26-12-10-21/h16-18H,1-15H2,(H,22,25). The van der Waals surface area contributed by atoms with Crippen LogP contribution in [0, 0.1) is 17.3 Å². The van der Waals surface area contributed by atoms with Gasteiger partial charge in [-0.3, -0.25) is 9.59 Å². The maximum Gasteiger partial charge on any atom is 0.225 e. The minimum Gasteiger partial charge on any atom is -0.381 e. The molecule has 5 nitrogen and oxygen atoms in total. The van der Waals surface area contributed by atoms with Crippen LogP contribution < -0.4 is 5.32 Å². The van der Waals surface area contributed by atoms with E-state index in [0.29, 0.717) is 24.9 Å². The highest BCUT2D eigenvalue weighted by Gasteiger charge is 2.52. The summed E-state index contributed by atoms with van der Waals surface area (Å²) in [4.78, 5) is 28.0. The zero-order valence-corrected chi connectivity index (χ0v) is 16.0. The third-order valence-corrected chi connectivity index (χ3v) is 7.45. The average Bonchev–Trinajstić information content (AvgIpc) is 3.37. The van der Waals surface area contributed by atoms with Crippen LogP contribution in [0.4, 0.5) is 0 Å². The van der Waals surface area contributed by atoms with Crippen LogP contribution in [-0.2, 0) is 14.3 Å². The van der Waals surface area contributed by atoms with Gasteiger partial charge in [0, 0.05) is 44.2 Å². The minimum atomic E-state index is -0.0632. The van der Waals surface area contributed by atoms with Crippen LogP contribution >= 0.6 is 0 Å². The van der Waals surface area contributed by atoms with Crippen molar-refractivity contribution in [1.82, 2.24) is 10.2 Å². The van der Waals surface area contributed by atoms with Gasteiger partial charge < -0.3 is 15.0 Å². The highest BCUT2D eigenvalue weighted by atomic mass is 16.5. The molecule has 0 bridgehead atoms. The Morgan fingerprint density at radius 3 is 2.35 bits per heavy atom. The molecule has 2 heterocycles. The molecule has 1 unspecified atom stereocenters. The van der Waals surface area contributed by atoms with E-state index in [1.807, 2.05) is 4.90 Å². The molecular formula is C21H34N2O3. The van der Waals surface area contributed by atoms with Crippen LogP contribution in [0.5, 0.6) is 0 Å². The molecule has 1 spiro atoms. The molecule has 0 aromatic rings. The Kier molecular flexibility index (Phi) is 5.53. The first-order valence-electron chi connectivity index (χ1n) is 10.8. The van der Waals surface area contributed by atoms with Gasteiger partial charge in [0.25, 0.3) is 0 Å². The van der Waals surface area contributed by atoms with E-state index in [1.54, 1.807) is 0 Å². The number of hydrogen-bond acceptors (Lipinski definition) is 3. The van der Waals surface area contributed by atoms with Gasteiger partial charge in [0.15, 0.2) is 0 Å². The highest BCUT2D eigenvalue weighted by Crippen LogP contribution is 2.45. The summed E-state index contributed by atoms with van der Waals surface area (Å²) < 4.78 is 5.59. The number of carbonyl (C=O) groups is 2. The molecule has 2 saturated heterocycles. The van der Waals surface area contributed by atoms with Gasteiger partial charge in [-0.2, -0.15) is 0 Å². The Morgan fingerprint density at radius 2 is 1.65 bits per heavy atom. The van der Waals surface area contributed by atoms with Crippen LogP contribution in [0.15, 0.2) is 0 Å². The largest absolute Gasteiger partial charge is 0.381 e. The Morgan fingerprint density at radius 1 is 1.00 bits per heavy atom. The van der Waals surface area contributed by atoms with E-state index in [-0.39, 0.29) is 23.1 Å². The second kappa shape index (κ2) is 7.87. The molecule has 4 rings (SSSR count). The van der Waals surface area contributed by atoms with Gasteiger partial charge in [-0.1, -0.05) is 25.7 Å². The summed E-state index contributed by atoms with van der Waals surface area (Å²) in [5, 5.41) is 3.31. The van der Waals surface area contributed by atoms with Gasteiger partial charge >= 0.3 is 0 Å². The van der Waals surface area contributed by atoms with Crippen LogP contribution in [-0.4, -0.2) is 49.1 Å². The summed E-state index contributed by atoms with van der Waals surface area (Å²) in [6, 6.07) is 0.350. The number of likely N-dealkylation sites (tertiary alicyclic amines) is 1. The van der Waals surface area contributed by atoms with E-state index in [0.717, 1.165) is 45.4 Å². The molecule has 2 aliphatic heterocycles. The van der Waals surface area contributed by atoms with Crippen molar-refractivity contribution in [2.75, 3.05) is 26.3 Å². The van der Waals surface area contributed by atoms with E-state index in [2.05, 4.69) is 5.32 Å². The lowest BCUT2D eigenvalue weighted by atomic mass is 9.71. The Balaban J connectivity index is 1.43. The summed E-state index contributed by atoms with van der Waals surface area (Å²) in [7, 11) is 0. The molecule has 2 saturated carbocycles. The molecule has 0 aromatic heterocycles. The number of rotatable bonds is 4. The number of nitrogens with one attached hydrogen (secondary N) is 1. The van der Waals surface area contributed by atoms with Crippen molar-refractivity contribution in [3.05, 3.63) is 0 Å². The predicted molar refractivity (Wildman–Crippen MR) is 99.5 cm³/mol. The Bertz CT molecular complexity index is 517. The third-order valence-electron chi connectivity index (χ3n) is 7.45. The van der Waals surface area contributed by atoms with Crippen LogP contribution in [0.3, 0.4) is 0 Å². The molecule has 2 aliphatic carbocycles. The van der Waals surface area contributed by atoms with Crippen molar-refractivity contribution in [1.29, 1.82) is 0 Å². The fourth-order valence-electron chi connectivity index (χ4n) is 5.77. The smallest absolute Gasteiger partial charge is 0.225 e. The molecule has 1 atom stereocenters. The zero-order chi connectivity index (χ0) is 18.0. The lowest BCUT2D eigenvalue weighted by Crippen LogP contribution is -2.46.